The topological polar surface area (TPSA) is 18.5 Å². The van der Waals surface area contributed by atoms with Crippen molar-refractivity contribution in [2.45, 2.75) is 13.1 Å². The van der Waals surface area contributed by atoms with Crippen molar-refractivity contribution in [3.05, 3.63) is 0 Å². The van der Waals surface area contributed by atoms with E-state index in [-0.39, 0.29) is 18.6 Å². The molecule has 2 nitrogen and oxygen atoms in total. The first-order valence-electron chi connectivity index (χ1n) is 2.88. The average molecular weight is 182 g/mol. The van der Waals surface area contributed by atoms with Gasteiger partial charge in [-0.05, 0) is 13.1 Å². The van der Waals surface area contributed by atoms with Crippen LogP contribution in [0.1, 0.15) is 0 Å². The summed E-state index contributed by atoms with van der Waals surface area (Å²) < 4.78 is 10.6. The van der Waals surface area contributed by atoms with E-state index in [0.717, 1.165) is 10.5 Å². The highest BCUT2D eigenvalue weighted by Gasteiger charge is 1.93. The second-order valence-corrected chi connectivity index (χ2v) is 10.9. The second-order valence-electron chi connectivity index (χ2n) is 1.91. The van der Waals surface area contributed by atoms with Crippen molar-refractivity contribution in [1.29, 1.82) is 0 Å². The molecule has 0 radical (unpaired) electrons. The Bertz CT molecular complexity index is 49.3. The molecule has 0 fully saturated rings. The first kappa shape index (κ1) is 8.79. The number of hydrogen-bond acceptors (Lipinski definition) is 2. The lowest BCUT2D eigenvalue weighted by Gasteiger charge is -2.03. The Balaban J connectivity index is 2.72. The summed E-state index contributed by atoms with van der Waals surface area (Å²) in [6.45, 7) is 4.43. The van der Waals surface area contributed by atoms with Crippen molar-refractivity contribution < 1.29 is 8.23 Å². The van der Waals surface area contributed by atoms with Gasteiger partial charge in [-0.2, -0.15) is 0 Å². The normalized spacial score (nSPS) is 13.9. The lowest BCUT2D eigenvalue weighted by Crippen LogP contribution is -2.18. The summed E-state index contributed by atoms with van der Waals surface area (Å²) in [6, 6.07) is 0. The summed E-state index contributed by atoms with van der Waals surface area (Å²) in [5.74, 6) is 0. The van der Waals surface area contributed by atoms with E-state index in [0.29, 0.717) is 0 Å². The molecule has 0 saturated heterocycles. The van der Waals surface area contributed by atoms with E-state index in [2.05, 4.69) is 13.1 Å². The maximum atomic E-state index is 5.52. The van der Waals surface area contributed by atoms with Crippen molar-refractivity contribution in [3.63, 3.8) is 0 Å². The van der Waals surface area contributed by atoms with Crippen LogP contribution in [0.25, 0.3) is 0 Å². The SMILES string of the molecule is C[SiH](C)O[SiH2][SiH2]O[SiH3]. The van der Waals surface area contributed by atoms with Crippen molar-refractivity contribution in [2.75, 3.05) is 0 Å². The van der Waals surface area contributed by atoms with E-state index in [9.17, 15) is 0 Å². The Hall–Kier alpha value is 0.788. The van der Waals surface area contributed by atoms with Crippen molar-refractivity contribution in [3.8, 4) is 0 Å². The quantitative estimate of drug-likeness (QED) is 0.350. The standard InChI is InChI=1S/C2H14O2Si4/c1-8(2)4-7-6-3-5/h8H,6-7H2,1-2,5H3. The van der Waals surface area contributed by atoms with Crippen LogP contribution in [-0.2, 0) is 8.23 Å². The molecule has 0 aromatic heterocycles. The van der Waals surface area contributed by atoms with Crippen molar-refractivity contribution in [1.82, 2.24) is 0 Å². The molecule has 0 aliphatic heterocycles. The monoisotopic (exact) mass is 182 g/mol. The van der Waals surface area contributed by atoms with Gasteiger partial charge >= 0.3 is 0 Å². The van der Waals surface area contributed by atoms with E-state index in [1.807, 2.05) is 0 Å². The summed E-state index contributed by atoms with van der Waals surface area (Å²) in [7, 11) is 0.0297. The van der Waals surface area contributed by atoms with Gasteiger partial charge in [-0.25, -0.2) is 0 Å². The second kappa shape index (κ2) is 5.92. The van der Waals surface area contributed by atoms with Crippen LogP contribution >= 0.6 is 0 Å². The lowest BCUT2D eigenvalue weighted by atomic mass is 11.9. The van der Waals surface area contributed by atoms with Crippen LogP contribution in [0.5, 0.6) is 0 Å². The molecule has 0 aromatic carbocycles. The largest absolute Gasteiger partial charge is 0.468 e. The molecule has 0 rings (SSSR count). The molecule has 50 valence electrons. The predicted molar refractivity (Wildman–Crippen MR) is 48.1 cm³/mol. The van der Waals surface area contributed by atoms with Crippen LogP contribution in [0.3, 0.4) is 0 Å². The molecule has 0 atom stereocenters. The Morgan fingerprint density at radius 1 is 1.38 bits per heavy atom. The van der Waals surface area contributed by atoms with Gasteiger partial charge in [0.05, 0.1) is 0 Å². The van der Waals surface area contributed by atoms with Gasteiger partial charge < -0.3 is 8.23 Å². The summed E-state index contributed by atoms with van der Waals surface area (Å²) in [4.78, 5) is 0. The molecule has 0 aliphatic rings. The molecule has 0 unspecified atom stereocenters. The van der Waals surface area contributed by atoms with Crippen LogP contribution in [-0.4, -0.2) is 38.1 Å². The molecule has 8 heavy (non-hydrogen) atoms. The Kier molecular flexibility index (Phi) is 6.50. The Labute approximate surface area is 59.9 Å². The van der Waals surface area contributed by atoms with Gasteiger partial charge in [0.2, 0.25) is 0 Å². The lowest BCUT2D eigenvalue weighted by molar-refractivity contribution is 0.620. The van der Waals surface area contributed by atoms with Crippen molar-refractivity contribution >= 4 is 38.1 Å². The number of hydrogen-bond donors (Lipinski definition) is 0. The molecule has 0 aromatic rings. The highest BCUT2D eigenvalue weighted by molar-refractivity contribution is 6.97. The third-order valence-corrected chi connectivity index (χ3v) is 12.4. The van der Waals surface area contributed by atoms with Gasteiger partial charge in [0.25, 0.3) is 0 Å². The molecule has 0 amide bonds. The Morgan fingerprint density at radius 2 is 2.00 bits per heavy atom. The minimum Gasteiger partial charge on any atom is -0.468 e. The van der Waals surface area contributed by atoms with Crippen LogP contribution < -0.4 is 0 Å². The summed E-state index contributed by atoms with van der Waals surface area (Å²) in [5, 5.41) is 0. The zero-order chi connectivity index (χ0) is 6.41. The zero-order valence-electron chi connectivity index (χ0n) is 5.81. The summed E-state index contributed by atoms with van der Waals surface area (Å²) >= 11 is 0. The minimum absolute atomic E-state index is 0.108. The van der Waals surface area contributed by atoms with Gasteiger partial charge in [-0.3, -0.25) is 0 Å². The highest BCUT2D eigenvalue weighted by Crippen LogP contribution is 1.78. The first-order valence-corrected chi connectivity index (χ1v) is 11.6. The molecule has 0 heterocycles. The van der Waals surface area contributed by atoms with Gasteiger partial charge in [-0.1, -0.05) is 0 Å². The van der Waals surface area contributed by atoms with Crippen LogP contribution in [0.15, 0.2) is 0 Å². The number of rotatable bonds is 4. The van der Waals surface area contributed by atoms with Crippen LogP contribution in [0.4, 0.5) is 0 Å². The average Bonchev–Trinajstić information content (AvgIpc) is 1.66. The fraction of sp³-hybridized carbons (Fsp3) is 1.00. The molecular weight excluding hydrogens is 168 g/mol. The van der Waals surface area contributed by atoms with Crippen LogP contribution in [0, 0.1) is 0 Å². The summed E-state index contributed by atoms with van der Waals surface area (Å²) in [6.07, 6.45) is 0. The molecule has 0 spiro atoms. The van der Waals surface area contributed by atoms with Gasteiger partial charge in [0, 0.05) is 0 Å². The van der Waals surface area contributed by atoms with E-state index >= 15 is 0 Å². The molecule has 0 saturated carbocycles. The maximum absolute atomic E-state index is 5.52. The van der Waals surface area contributed by atoms with Gasteiger partial charge in [0.1, 0.15) is 10.5 Å². The zero-order valence-corrected chi connectivity index (χ0v) is 11.8. The fourth-order valence-corrected chi connectivity index (χ4v) is 9.91. The van der Waals surface area contributed by atoms with E-state index in [4.69, 9.17) is 8.23 Å². The highest BCUT2D eigenvalue weighted by atomic mass is 29.2. The predicted octanol–water partition coefficient (Wildman–Crippen LogP) is -2.63. The maximum Gasteiger partial charge on any atom is 0.158 e. The first-order chi connectivity index (χ1) is 3.77. The smallest absolute Gasteiger partial charge is 0.158 e. The molecule has 6 heteroatoms. The van der Waals surface area contributed by atoms with Crippen LogP contribution in [0.2, 0.25) is 13.1 Å². The third-order valence-electron chi connectivity index (χ3n) is 0.739. The molecule has 0 bridgehead atoms. The van der Waals surface area contributed by atoms with E-state index in [1.54, 1.807) is 0 Å². The minimum atomic E-state index is -0.670. The van der Waals surface area contributed by atoms with Crippen molar-refractivity contribution in [2.24, 2.45) is 0 Å². The third kappa shape index (κ3) is 6.79. The van der Waals surface area contributed by atoms with E-state index < -0.39 is 9.04 Å². The summed E-state index contributed by atoms with van der Waals surface area (Å²) in [5.41, 5.74) is 0. The molecule has 0 aliphatic carbocycles. The molecule has 0 N–H and O–H groups in total. The molecular formula is C2H14O2Si4. The van der Waals surface area contributed by atoms with Gasteiger partial charge in [-0.15, -0.1) is 0 Å². The fourth-order valence-electron chi connectivity index (χ4n) is 0.367. The Morgan fingerprint density at radius 3 is 2.38 bits per heavy atom. The van der Waals surface area contributed by atoms with E-state index in [1.165, 1.54) is 0 Å². The van der Waals surface area contributed by atoms with Gasteiger partial charge in [0.15, 0.2) is 27.6 Å².